The van der Waals surface area contributed by atoms with Crippen molar-refractivity contribution in [2.24, 2.45) is 0 Å². The Bertz CT molecular complexity index is 329. The van der Waals surface area contributed by atoms with Gasteiger partial charge in [0, 0.05) is 5.38 Å². The first-order valence-electron chi connectivity index (χ1n) is 3.28. The molecule has 0 saturated carbocycles. The molecule has 1 radical (unpaired) electrons. The molecule has 4 nitrogen and oxygen atoms in total. The summed E-state index contributed by atoms with van der Waals surface area (Å²) in [6, 6.07) is 0. The van der Waals surface area contributed by atoms with Crippen LogP contribution in [-0.2, 0) is 4.79 Å². The maximum atomic E-state index is 10.7. The standard InChI is InChI=1S/C7H8N3OS/c1-2-4(6(8)11)5-3-12-7(9)10-5/h2-3,8H,1H3,(H2,9,10)/b4-2+. The first-order chi connectivity index (χ1) is 5.65. The van der Waals surface area contributed by atoms with Crippen LogP contribution in [0.4, 0.5) is 5.13 Å². The van der Waals surface area contributed by atoms with Crippen LogP contribution in [0, 0.1) is 0 Å². The second kappa shape index (κ2) is 3.36. The maximum absolute atomic E-state index is 10.7. The fourth-order valence-electron chi connectivity index (χ4n) is 0.807. The molecular weight excluding hydrogens is 174 g/mol. The van der Waals surface area contributed by atoms with Gasteiger partial charge < -0.3 is 5.73 Å². The van der Waals surface area contributed by atoms with Gasteiger partial charge in [0.2, 0.25) is 0 Å². The Labute approximate surface area is 73.9 Å². The molecule has 63 valence electrons. The third kappa shape index (κ3) is 1.62. The van der Waals surface area contributed by atoms with Crippen LogP contribution in [0.1, 0.15) is 12.6 Å². The van der Waals surface area contributed by atoms with Crippen molar-refractivity contribution < 1.29 is 4.79 Å². The minimum Gasteiger partial charge on any atom is -0.375 e. The average Bonchev–Trinajstić information content (AvgIpc) is 2.37. The number of anilines is 1. The van der Waals surface area contributed by atoms with E-state index in [1.807, 2.05) is 0 Å². The predicted octanol–water partition coefficient (Wildman–Crippen LogP) is 0.938. The molecule has 1 aromatic rings. The molecule has 1 aromatic heterocycles. The Balaban J connectivity index is 3.04. The number of aromatic nitrogens is 1. The minimum atomic E-state index is -0.734. The fourth-order valence-corrected chi connectivity index (χ4v) is 1.37. The lowest BCUT2D eigenvalue weighted by Crippen LogP contribution is -2.01. The number of rotatable bonds is 2. The highest BCUT2D eigenvalue weighted by Gasteiger charge is 2.10. The van der Waals surface area contributed by atoms with Gasteiger partial charge >= 0.3 is 0 Å². The molecule has 12 heavy (non-hydrogen) atoms. The summed E-state index contributed by atoms with van der Waals surface area (Å²) in [6.45, 7) is 1.69. The largest absolute Gasteiger partial charge is 0.375 e. The monoisotopic (exact) mass is 182 g/mol. The maximum Gasteiger partial charge on any atom is 0.271 e. The molecule has 1 heterocycles. The first kappa shape index (κ1) is 8.73. The molecule has 0 spiro atoms. The normalized spacial score (nSPS) is 11.6. The Morgan fingerprint density at radius 1 is 1.83 bits per heavy atom. The molecular formula is C7H8N3OS. The summed E-state index contributed by atoms with van der Waals surface area (Å²) in [7, 11) is 0. The first-order valence-corrected chi connectivity index (χ1v) is 4.16. The van der Waals surface area contributed by atoms with Gasteiger partial charge in [-0.15, -0.1) is 11.3 Å². The van der Waals surface area contributed by atoms with Gasteiger partial charge in [-0.05, 0) is 6.92 Å². The molecule has 0 bridgehead atoms. The third-order valence-corrected chi connectivity index (χ3v) is 2.01. The van der Waals surface area contributed by atoms with E-state index in [1.54, 1.807) is 18.4 Å². The molecule has 0 fully saturated rings. The van der Waals surface area contributed by atoms with E-state index >= 15 is 0 Å². The molecule has 0 saturated heterocycles. The van der Waals surface area contributed by atoms with Gasteiger partial charge in [-0.2, -0.15) is 0 Å². The van der Waals surface area contributed by atoms with E-state index in [2.05, 4.69) is 4.98 Å². The Kier molecular flexibility index (Phi) is 2.44. The smallest absolute Gasteiger partial charge is 0.271 e. The van der Waals surface area contributed by atoms with Crippen molar-refractivity contribution in [3.63, 3.8) is 0 Å². The van der Waals surface area contributed by atoms with E-state index in [-0.39, 0.29) is 0 Å². The summed E-state index contributed by atoms with van der Waals surface area (Å²) in [5.41, 5.74) is 13.1. The number of amides is 1. The van der Waals surface area contributed by atoms with Crippen LogP contribution in [0.15, 0.2) is 11.5 Å². The van der Waals surface area contributed by atoms with Crippen molar-refractivity contribution >= 4 is 27.9 Å². The van der Waals surface area contributed by atoms with Gasteiger partial charge in [0.25, 0.3) is 5.91 Å². The van der Waals surface area contributed by atoms with Gasteiger partial charge in [-0.3, -0.25) is 10.5 Å². The van der Waals surface area contributed by atoms with Crippen LogP contribution in [0.25, 0.3) is 5.57 Å². The molecule has 0 aromatic carbocycles. The van der Waals surface area contributed by atoms with E-state index in [4.69, 9.17) is 11.5 Å². The minimum absolute atomic E-state index is 0.294. The van der Waals surface area contributed by atoms with Crippen LogP contribution in [0.2, 0.25) is 0 Å². The van der Waals surface area contributed by atoms with Gasteiger partial charge in [-0.25, -0.2) is 4.98 Å². The molecule has 1 amide bonds. The number of carbonyl (C=O) groups excluding carboxylic acids is 1. The highest BCUT2D eigenvalue weighted by atomic mass is 32.1. The number of thiazole rings is 1. The molecule has 3 N–H and O–H groups in total. The van der Waals surface area contributed by atoms with E-state index in [1.165, 1.54) is 11.3 Å². The summed E-state index contributed by atoms with van der Waals surface area (Å²) in [6.07, 6.45) is 1.56. The fraction of sp³-hybridized carbons (Fsp3) is 0.143. The van der Waals surface area contributed by atoms with Gasteiger partial charge in [0.15, 0.2) is 5.13 Å². The summed E-state index contributed by atoms with van der Waals surface area (Å²) in [4.78, 5) is 14.6. The van der Waals surface area contributed by atoms with Crippen LogP contribution in [0.5, 0.6) is 0 Å². The number of hydrogen-bond donors (Lipinski definition) is 1. The number of nitrogen functional groups attached to an aromatic ring is 1. The van der Waals surface area contributed by atoms with Crippen LogP contribution < -0.4 is 11.5 Å². The Morgan fingerprint density at radius 3 is 2.83 bits per heavy atom. The van der Waals surface area contributed by atoms with Crippen LogP contribution in [-0.4, -0.2) is 10.9 Å². The van der Waals surface area contributed by atoms with Crippen molar-refractivity contribution in [2.45, 2.75) is 6.92 Å². The van der Waals surface area contributed by atoms with Crippen molar-refractivity contribution in [2.75, 3.05) is 5.73 Å². The quantitative estimate of drug-likeness (QED) is 0.691. The van der Waals surface area contributed by atoms with Gasteiger partial charge in [-0.1, -0.05) is 6.08 Å². The number of hydrogen-bond acceptors (Lipinski definition) is 4. The van der Waals surface area contributed by atoms with Gasteiger partial charge in [0.05, 0.1) is 11.3 Å². The topological polar surface area (TPSA) is 79.8 Å². The lowest BCUT2D eigenvalue weighted by atomic mass is 10.2. The predicted molar refractivity (Wildman–Crippen MR) is 48.3 cm³/mol. The SMILES string of the molecule is C/C=C(/C([NH])=O)c1csc(N)n1. The number of nitrogens with zero attached hydrogens (tertiary/aromatic N) is 1. The molecule has 0 atom stereocenters. The van der Waals surface area contributed by atoms with Crippen LogP contribution >= 0.6 is 11.3 Å². The number of carbonyl (C=O) groups is 1. The van der Waals surface area contributed by atoms with Crippen molar-refractivity contribution in [1.29, 1.82) is 0 Å². The summed E-state index contributed by atoms with van der Waals surface area (Å²) < 4.78 is 0. The zero-order valence-electron chi connectivity index (χ0n) is 6.50. The van der Waals surface area contributed by atoms with E-state index < -0.39 is 5.91 Å². The molecule has 0 unspecified atom stereocenters. The molecule has 0 aliphatic rings. The van der Waals surface area contributed by atoms with Gasteiger partial charge in [0.1, 0.15) is 0 Å². The zero-order chi connectivity index (χ0) is 9.14. The lowest BCUT2D eigenvalue weighted by Gasteiger charge is -1.94. The molecule has 5 heteroatoms. The van der Waals surface area contributed by atoms with Crippen molar-refractivity contribution in [1.82, 2.24) is 10.7 Å². The van der Waals surface area contributed by atoms with E-state index in [0.29, 0.717) is 16.4 Å². The Hall–Kier alpha value is -1.36. The Morgan fingerprint density at radius 2 is 2.50 bits per heavy atom. The number of nitrogens with two attached hydrogens (primary N) is 1. The zero-order valence-corrected chi connectivity index (χ0v) is 7.31. The lowest BCUT2D eigenvalue weighted by molar-refractivity contribution is -0.113. The second-order valence-electron chi connectivity index (χ2n) is 2.10. The summed E-state index contributed by atoms with van der Waals surface area (Å²) in [5, 5.41) is 2.07. The highest BCUT2D eigenvalue weighted by molar-refractivity contribution is 7.13. The summed E-state index contributed by atoms with van der Waals surface area (Å²) >= 11 is 1.26. The van der Waals surface area contributed by atoms with Crippen molar-refractivity contribution in [3.8, 4) is 0 Å². The van der Waals surface area contributed by atoms with E-state index in [0.717, 1.165) is 0 Å². The van der Waals surface area contributed by atoms with Crippen molar-refractivity contribution in [3.05, 3.63) is 17.2 Å². The number of nitrogens with one attached hydrogen (secondary N) is 1. The molecule has 0 aliphatic carbocycles. The highest BCUT2D eigenvalue weighted by Crippen LogP contribution is 2.18. The van der Waals surface area contributed by atoms with Crippen LogP contribution in [0.3, 0.4) is 0 Å². The molecule has 1 rings (SSSR count). The third-order valence-electron chi connectivity index (χ3n) is 1.33. The second-order valence-corrected chi connectivity index (χ2v) is 2.99. The average molecular weight is 182 g/mol. The summed E-state index contributed by atoms with van der Waals surface area (Å²) in [5.74, 6) is -0.734. The molecule has 0 aliphatic heterocycles. The number of allylic oxidation sites excluding steroid dienone is 1. The van der Waals surface area contributed by atoms with E-state index in [9.17, 15) is 4.79 Å².